The van der Waals surface area contributed by atoms with Gasteiger partial charge in [0.05, 0.1) is 11.4 Å². The molecule has 2 aromatic heterocycles. The fourth-order valence-corrected chi connectivity index (χ4v) is 7.37. The van der Waals surface area contributed by atoms with Crippen LogP contribution in [0.4, 0.5) is 17.1 Å². The second kappa shape index (κ2) is 11.0. The van der Waals surface area contributed by atoms with Gasteiger partial charge in [0.25, 0.3) is 0 Å². The molecule has 0 amide bonds. The van der Waals surface area contributed by atoms with Crippen LogP contribution in [0.15, 0.2) is 185 Å². The van der Waals surface area contributed by atoms with E-state index in [-0.39, 0.29) is 0 Å². The van der Waals surface area contributed by atoms with Crippen molar-refractivity contribution in [2.75, 3.05) is 4.90 Å². The highest BCUT2D eigenvalue weighted by Gasteiger charge is 2.22. The summed E-state index contributed by atoms with van der Waals surface area (Å²) in [7, 11) is 0. The van der Waals surface area contributed by atoms with Crippen LogP contribution in [0, 0.1) is 0 Å². The largest absolute Gasteiger partial charge is 0.456 e. The van der Waals surface area contributed by atoms with E-state index in [2.05, 4.69) is 163 Å². The first-order valence-electron chi connectivity index (χ1n) is 16.6. The molecule has 0 saturated heterocycles. The Bertz CT molecular complexity index is 2820. The van der Waals surface area contributed by atoms with E-state index >= 15 is 0 Å². The van der Waals surface area contributed by atoms with Crippen molar-refractivity contribution in [2.45, 2.75) is 0 Å². The summed E-state index contributed by atoms with van der Waals surface area (Å²) in [4.78, 5) is 2.28. The molecule has 0 bridgehead atoms. The lowest BCUT2D eigenvalue weighted by Crippen LogP contribution is -2.10. The summed E-state index contributed by atoms with van der Waals surface area (Å²) in [5, 5.41) is 6.86. The number of nitrogens with zero attached hydrogens (tertiary/aromatic N) is 1. The number of para-hydroxylation sites is 3. The van der Waals surface area contributed by atoms with E-state index in [9.17, 15) is 0 Å². The number of hydrogen-bond donors (Lipinski definition) is 0. The molecule has 0 radical (unpaired) electrons. The maximum atomic E-state index is 6.90. The Kier molecular flexibility index (Phi) is 6.18. The molecule has 0 N–H and O–H groups in total. The molecule has 0 unspecified atom stereocenters. The van der Waals surface area contributed by atoms with Crippen LogP contribution in [0.3, 0.4) is 0 Å². The summed E-state index contributed by atoms with van der Waals surface area (Å²) >= 11 is 0. The molecule has 8 aromatic carbocycles. The molecule has 0 fully saturated rings. The smallest absolute Gasteiger partial charge is 0.159 e. The van der Waals surface area contributed by atoms with E-state index in [1.165, 1.54) is 21.9 Å². The maximum Gasteiger partial charge on any atom is 0.159 e. The fourth-order valence-electron chi connectivity index (χ4n) is 7.37. The first kappa shape index (κ1) is 27.5. The van der Waals surface area contributed by atoms with Gasteiger partial charge in [-0.05, 0) is 63.9 Å². The summed E-state index contributed by atoms with van der Waals surface area (Å²) in [5.74, 6) is 0. The van der Waals surface area contributed by atoms with Gasteiger partial charge in [0.2, 0.25) is 0 Å². The molecule has 2 heterocycles. The molecule has 0 spiro atoms. The van der Waals surface area contributed by atoms with E-state index in [1.54, 1.807) is 0 Å². The van der Waals surface area contributed by atoms with Crippen LogP contribution in [0.1, 0.15) is 0 Å². The second-order valence-corrected chi connectivity index (χ2v) is 12.5. The summed E-state index contributed by atoms with van der Waals surface area (Å²) in [6, 6.07) is 61.9. The van der Waals surface area contributed by atoms with Crippen molar-refractivity contribution < 1.29 is 8.83 Å². The van der Waals surface area contributed by atoms with Gasteiger partial charge >= 0.3 is 0 Å². The van der Waals surface area contributed by atoms with Crippen LogP contribution in [0.2, 0.25) is 0 Å². The van der Waals surface area contributed by atoms with Gasteiger partial charge in [-0.3, -0.25) is 0 Å². The normalized spacial score (nSPS) is 11.7. The van der Waals surface area contributed by atoms with Gasteiger partial charge in [-0.15, -0.1) is 0 Å². The first-order valence-corrected chi connectivity index (χ1v) is 16.6. The maximum absolute atomic E-state index is 6.90. The zero-order valence-corrected chi connectivity index (χ0v) is 26.5. The van der Waals surface area contributed by atoms with E-state index in [0.29, 0.717) is 0 Å². The summed E-state index contributed by atoms with van der Waals surface area (Å²) in [5.41, 5.74) is 11.0. The van der Waals surface area contributed by atoms with Crippen LogP contribution in [0.25, 0.3) is 76.9 Å². The number of fused-ring (bicyclic) bond motifs is 7. The fraction of sp³-hybridized carbons (Fsp3) is 0. The standard InChI is InChI=1S/C46H29NO2/c1-2-11-31(12-3-1)37-18-9-19-40-41-20-10-21-42(46(41)49-45(37)40)47(34-27-28-39-38-16-6-7-22-43(38)48-44(39)29-34)33-25-23-32(24-26-33)36-17-8-14-30-13-4-5-15-35(30)36/h1-29H. The lowest BCUT2D eigenvalue weighted by Gasteiger charge is -2.25. The predicted octanol–water partition coefficient (Wildman–Crippen LogP) is 13.4. The Morgan fingerprint density at radius 2 is 0.959 bits per heavy atom. The third-order valence-corrected chi connectivity index (χ3v) is 9.68. The molecular weight excluding hydrogens is 599 g/mol. The average molecular weight is 628 g/mol. The molecule has 3 heteroatoms. The topological polar surface area (TPSA) is 29.5 Å². The van der Waals surface area contributed by atoms with Gasteiger partial charge in [-0.1, -0.05) is 133 Å². The molecule has 49 heavy (non-hydrogen) atoms. The lowest BCUT2D eigenvalue weighted by atomic mass is 9.98. The number of benzene rings is 8. The van der Waals surface area contributed by atoms with Gasteiger partial charge in [0.15, 0.2) is 5.58 Å². The summed E-state index contributed by atoms with van der Waals surface area (Å²) < 4.78 is 13.3. The van der Waals surface area contributed by atoms with Crippen LogP contribution in [-0.4, -0.2) is 0 Å². The van der Waals surface area contributed by atoms with Gasteiger partial charge in [0.1, 0.15) is 16.7 Å². The Labute approximate surface area is 282 Å². The van der Waals surface area contributed by atoms with Crippen molar-refractivity contribution in [1.82, 2.24) is 0 Å². The first-order chi connectivity index (χ1) is 24.3. The highest BCUT2D eigenvalue weighted by atomic mass is 16.3. The highest BCUT2D eigenvalue weighted by molar-refractivity contribution is 6.14. The highest BCUT2D eigenvalue weighted by Crippen LogP contribution is 2.45. The van der Waals surface area contributed by atoms with Crippen LogP contribution in [-0.2, 0) is 0 Å². The number of anilines is 3. The molecule has 0 saturated carbocycles. The number of rotatable bonds is 5. The molecule has 0 aliphatic heterocycles. The molecule has 0 aliphatic carbocycles. The quantitative estimate of drug-likeness (QED) is 0.190. The molecular formula is C46H29NO2. The van der Waals surface area contributed by atoms with E-state index in [4.69, 9.17) is 8.83 Å². The van der Waals surface area contributed by atoms with Gasteiger partial charge in [0, 0.05) is 38.9 Å². The monoisotopic (exact) mass is 627 g/mol. The Morgan fingerprint density at radius 1 is 0.347 bits per heavy atom. The lowest BCUT2D eigenvalue weighted by molar-refractivity contribution is 0.668. The minimum atomic E-state index is 0.837. The second-order valence-electron chi connectivity index (χ2n) is 12.5. The molecule has 10 aromatic rings. The van der Waals surface area contributed by atoms with Gasteiger partial charge in [-0.2, -0.15) is 0 Å². The van der Waals surface area contributed by atoms with Crippen molar-refractivity contribution in [3.63, 3.8) is 0 Å². The molecule has 230 valence electrons. The average Bonchev–Trinajstić information content (AvgIpc) is 3.74. The zero-order valence-electron chi connectivity index (χ0n) is 26.5. The minimum absolute atomic E-state index is 0.837. The SMILES string of the molecule is c1ccc(-c2cccc3c2oc2c(N(c4ccc(-c5cccc6ccccc56)cc4)c4ccc5c(c4)oc4ccccc45)cccc23)cc1. The van der Waals surface area contributed by atoms with Crippen molar-refractivity contribution in [3.8, 4) is 22.3 Å². The third-order valence-electron chi connectivity index (χ3n) is 9.68. The van der Waals surface area contributed by atoms with Gasteiger partial charge < -0.3 is 13.7 Å². The van der Waals surface area contributed by atoms with Gasteiger partial charge in [-0.25, -0.2) is 0 Å². The Hall–Kier alpha value is -6.58. The molecule has 0 atom stereocenters. The van der Waals surface area contributed by atoms with Crippen molar-refractivity contribution in [3.05, 3.63) is 176 Å². The van der Waals surface area contributed by atoms with E-state index in [1.807, 2.05) is 18.2 Å². The zero-order chi connectivity index (χ0) is 32.3. The minimum Gasteiger partial charge on any atom is -0.456 e. The third kappa shape index (κ3) is 4.44. The number of hydrogen-bond acceptors (Lipinski definition) is 3. The van der Waals surface area contributed by atoms with Crippen molar-refractivity contribution in [2.24, 2.45) is 0 Å². The Balaban J connectivity index is 1.19. The molecule has 0 aliphatic rings. The summed E-state index contributed by atoms with van der Waals surface area (Å²) in [6.45, 7) is 0. The van der Waals surface area contributed by atoms with Crippen LogP contribution >= 0.6 is 0 Å². The van der Waals surface area contributed by atoms with Crippen molar-refractivity contribution in [1.29, 1.82) is 0 Å². The van der Waals surface area contributed by atoms with E-state index < -0.39 is 0 Å². The van der Waals surface area contributed by atoms with Crippen LogP contribution < -0.4 is 4.90 Å². The van der Waals surface area contributed by atoms with Crippen LogP contribution in [0.5, 0.6) is 0 Å². The predicted molar refractivity (Wildman–Crippen MR) is 204 cm³/mol. The summed E-state index contributed by atoms with van der Waals surface area (Å²) in [6.07, 6.45) is 0. The van der Waals surface area contributed by atoms with E-state index in [0.717, 1.165) is 72.1 Å². The Morgan fingerprint density at radius 3 is 1.84 bits per heavy atom. The molecule has 10 rings (SSSR count). The number of furan rings is 2. The van der Waals surface area contributed by atoms with Crippen molar-refractivity contribution >= 4 is 71.7 Å². The molecule has 3 nitrogen and oxygen atoms in total.